The zero-order valence-electron chi connectivity index (χ0n) is 15.0. The minimum Gasteiger partial charge on any atom is -0.497 e. The molecule has 2 rings (SSSR count). The van der Waals surface area contributed by atoms with Gasteiger partial charge in [-0.05, 0) is 12.1 Å². The molecule has 0 radical (unpaired) electrons. The number of hydrogen-bond donors (Lipinski definition) is 2. The molecule has 0 saturated heterocycles. The number of methoxy groups -OCH3 is 2. The van der Waals surface area contributed by atoms with Gasteiger partial charge in [0.25, 0.3) is 5.69 Å². The molecule has 0 fully saturated rings. The fourth-order valence-electron chi connectivity index (χ4n) is 2.41. The molecule has 0 spiro atoms. The first kappa shape index (κ1) is 19.0. The molecule has 2 aromatic carbocycles. The summed E-state index contributed by atoms with van der Waals surface area (Å²) < 4.78 is 10.6. The number of nitrogens with zero attached hydrogens (tertiary/aromatic N) is 2. The third-order valence-electron chi connectivity index (χ3n) is 3.80. The molecule has 2 aromatic rings. The lowest BCUT2D eigenvalue weighted by Gasteiger charge is -2.14. The topological polar surface area (TPSA) is 98.0 Å². The normalized spacial score (nSPS) is 11.0. The number of nitro benzene ring substituents is 1. The van der Waals surface area contributed by atoms with Gasteiger partial charge < -0.3 is 20.1 Å². The van der Waals surface area contributed by atoms with Crippen LogP contribution >= 0.6 is 0 Å². The first-order valence-electron chi connectivity index (χ1n) is 7.96. The van der Waals surface area contributed by atoms with Crippen molar-refractivity contribution >= 4 is 11.6 Å². The molecule has 0 atom stereocenters. The van der Waals surface area contributed by atoms with Gasteiger partial charge in [-0.2, -0.15) is 0 Å². The van der Waals surface area contributed by atoms with E-state index in [2.05, 4.69) is 15.6 Å². The monoisotopic (exact) mass is 358 g/mol. The van der Waals surface area contributed by atoms with Crippen LogP contribution in [-0.2, 0) is 13.1 Å². The summed E-state index contributed by atoms with van der Waals surface area (Å²) in [5.74, 6) is 1.94. The third-order valence-corrected chi connectivity index (χ3v) is 3.80. The van der Waals surface area contributed by atoms with Crippen molar-refractivity contribution in [2.75, 3.05) is 21.3 Å². The highest BCUT2D eigenvalue weighted by Gasteiger charge is 2.12. The van der Waals surface area contributed by atoms with E-state index in [0.29, 0.717) is 29.6 Å². The number of nitrogens with one attached hydrogen (secondary N) is 2. The van der Waals surface area contributed by atoms with E-state index < -0.39 is 4.92 Å². The first-order valence-corrected chi connectivity index (χ1v) is 7.96. The van der Waals surface area contributed by atoms with E-state index in [1.54, 1.807) is 45.5 Å². The van der Waals surface area contributed by atoms with Crippen LogP contribution < -0.4 is 20.1 Å². The van der Waals surface area contributed by atoms with Crippen LogP contribution in [0.2, 0.25) is 0 Å². The summed E-state index contributed by atoms with van der Waals surface area (Å²) in [5.41, 5.74) is 1.59. The predicted octanol–water partition coefficient (Wildman–Crippen LogP) is 2.48. The molecule has 0 aliphatic rings. The van der Waals surface area contributed by atoms with Crippen molar-refractivity contribution in [3.05, 3.63) is 63.7 Å². The van der Waals surface area contributed by atoms with E-state index in [4.69, 9.17) is 9.47 Å². The molecule has 26 heavy (non-hydrogen) atoms. The summed E-state index contributed by atoms with van der Waals surface area (Å²) >= 11 is 0. The number of para-hydroxylation sites is 1. The number of nitro groups is 1. The maximum absolute atomic E-state index is 11.1. The number of ether oxygens (including phenoxy) is 2. The van der Waals surface area contributed by atoms with Crippen LogP contribution in [0.4, 0.5) is 5.69 Å². The largest absolute Gasteiger partial charge is 0.497 e. The molecule has 8 heteroatoms. The standard InChI is InChI=1S/C18H22N4O4/c1-19-18(20-11-13-6-4-5-7-16(13)22(23)24)21-12-14-8-9-15(25-2)10-17(14)26-3/h4-10H,11-12H2,1-3H3,(H2,19,20,21). The van der Waals surface area contributed by atoms with E-state index in [1.165, 1.54) is 6.07 Å². The Kier molecular flexibility index (Phi) is 6.78. The minimum absolute atomic E-state index is 0.0762. The lowest BCUT2D eigenvalue weighted by atomic mass is 10.2. The quantitative estimate of drug-likeness (QED) is 0.341. The Bertz CT molecular complexity index is 793. The number of benzene rings is 2. The van der Waals surface area contributed by atoms with Crippen molar-refractivity contribution < 1.29 is 14.4 Å². The Hall–Kier alpha value is -3.29. The molecule has 138 valence electrons. The van der Waals surface area contributed by atoms with Crippen molar-refractivity contribution in [1.29, 1.82) is 0 Å². The van der Waals surface area contributed by atoms with Crippen LogP contribution in [0.25, 0.3) is 0 Å². The molecule has 0 saturated carbocycles. The van der Waals surface area contributed by atoms with Crippen LogP contribution in [0.15, 0.2) is 47.5 Å². The Morgan fingerprint density at radius 2 is 1.77 bits per heavy atom. The van der Waals surface area contributed by atoms with Gasteiger partial charge in [0.1, 0.15) is 11.5 Å². The maximum Gasteiger partial charge on any atom is 0.274 e. The van der Waals surface area contributed by atoms with Crippen LogP contribution in [0.5, 0.6) is 11.5 Å². The van der Waals surface area contributed by atoms with Crippen molar-refractivity contribution in [3.8, 4) is 11.5 Å². The Balaban J connectivity index is 2.00. The van der Waals surface area contributed by atoms with Crippen LogP contribution in [0.1, 0.15) is 11.1 Å². The second-order valence-corrected chi connectivity index (χ2v) is 5.34. The fourth-order valence-corrected chi connectivity index (χ4v) is 2.41. The molecule has 2 N–H and O–H groups in total. The van der Waals surface area contributed by atoms with E-state index in [9.17, 15) is 10.1 Å². The second-order valence-electron chi connectivity index (χ2n) is 5.34. The molecule has 0 amide bonds. The number of hydrogen-bond acceptors (Lipinski definition) is 5. The average molecular weight is 358 g/mol. The zero-order chi connectivity index (χ0) is 18.9. The van der Waals surface area contributed by atoms with Crippen molar-refractivity contribution in [3.63, 3.8) is 0 Å². The Labute approximate surface area is 152 Å². The van der Waals surface area contributed by atoms with E-state index in [0.717, 1.165) is 5.56 Å². The van der Waals surface area contributed by atoms with Gasteiger partial charge in [-0.1, -0.05) is 18.2 Å². The van der Waals surface area contributed by atoms with Gasteiger partial charge in [0.05, 0.1) is 19.1 Å². The first-order chi connectivity index (χ1) is 12.6. The number of aliphatic imine (C=N–C) groups is 1. The Morgan fingerprint density at radius 3 is 2.38 bits per heavy atom. The summed E-state index contributed by atoms with van der Waals surface area (Å²) in [4.78, 5) is 14.8. The van der Waals surface area contributed by atoms with Gasteiger partial charge in [0.15, 0.2) is 5.96 Å². The molecular formula is C18H22N4O4. The summed E-state index contributed by atoms with van der Waals surface area (Å²) in [6, 6.07) is 12.2. The highest BCUT2D eigenvalue weighted by atomic mass is 16.6. The SMILES string of the molecule is CN=C(NCc1ccc(OC)cc1OC)NCc1ccccc1[N+](=O)[O-]. The van der Waals surface area contributed by atoms with Crippen LogP contribution in [0.3, 0.4) is 0 Å². The molecule has 8 nitrogen and oxygen atoms in total. The highest BCUT2D eigenvalue weighted by Crippen LogP contribution is 2.24. The smallest absolute Gasteiger partial charge is 0.274 e. The molecule has 0 heterocycles. The van der Waals surface area contributed by atoms with Gasteiger partial charge in [0, 0.05) is 43.4 Å². The molecule has 0 aromatic heterocycles. The maximum atomic E-state index is 11.1. The third kappa shape index (κ3) is 4.85. The van der Waals surface area contributed by atoms with Crippen molar-refractivity contribution in [2.45, 2.75) is 13.1 Å². The van der Waals surface area contributed by atoms with Crippen LogP contribution in [0, 0.1) is 10.1 Å². The predicted molar refractivity (Wildman–Crippen MR) is 99.7 cm³/mol. The molecule has 0 bridgehead atoms. The lowest BCUT2D eigenvalue weighted by Crippen LogP contribution is -2.36. The van der Waals surface area contributed by atoms with Crippen molar-refractivity contribution in [2.24, 2.45) is 4.99 Å². The fraction of sp³-hybridized carbons (Fsp3) is 0.278. The van der Waals surface area contributed by atoms with Gasteiger partial charge in [0.2, 0.25) is 0 Å². The molecule has 0 aliphatic heterocycles. The van der Waals surface area contributed by atoms with Crippen molar-refractivity contribution in [1.82, 2.24) is 10.6 Å². The van der Waals surface area contributed by atoms with E-state index >= 15 is 0 Å². The summed E-state index contributed by atoms with van der Waals surface area (Å²) in [7, 11) is 4.83. The lowest BCUT2D eigenvalue weighted by molar-refractivity contribution is -0.385. The summed E-state index contributed by atoms with van der Waals surface area (Å²) in [5, 5.41) is 17.3. The highest BCUT2D eigenvalue weighted by molar-refractivity contribution is 5.79. The summed E-state index contributed by atoms with van der Waals surface area (Å²) in [6.45, 7) is 0.764. The molecule has 0 aliphatic carbocycles. The average Bonchev–Trinajstić information content (AvgIpc) is 2.68. The van der Waals surface area contributed by atoms with E-state index in [1.807, 2.05) is 12.1 Å². The van der Waals surface area contributed by atoms with Gasteiger partial charge in [-0.15, -0.1) is 0 Å². The summed E-state index contributed by atoms with van der Waals surface area (Å²) in [6.07, 6.45) is 0. The van der Waals surface area contributed by atoms with Gasteiger partial charge >= 0.3 is 0 Å². The van der Waals surface area contributed by atoms with Gasteiger partial charge in [-0.3, -0.25) is 15.1 Å². The number of guanidine groups is 1. The van der Waals surface area contributed by atoms with Gasteiger partial charge in [-0.25, -0.2) is 0 Å². The zero-order valence-corrected chi connectivity index (χ0v) is 15.0. The number of rotatable bonds is 7. The van der Waals surface area contributed by atoms with Crippen LogP contribution in [-0.4, -0.2) is 32.2 Å². The second kappa shape index (κ2) is 9.26. The Morgan fingerprint density at radius 1 is 1.08 bits per heavy atom. The molecular weight excluding hydrogens is 336 g/mol. The molecule has 0 unspecified atom stereocenters. The minimum atomic E-state index is -0.393. The van der Waals surface area contributed by atoms with E-state index in [-0.39, 0.29) is 12.2 Å².